The van der Waals surface area contributed by atoms with Gasteiger partial charge in [-0.3, -0.25) is 4.79 Å². The summed E-state index contributed by atoms with van der Waals surface area (Å²) in [6.45, 7) is 3.79. The molecule has 1 aliphatic heterocycles. The molecule has 1 aromatic carbocycles. The minimum atomic E-state index is -0.426. The summed E-state index contributed by atoms with van der Waals surface area (Å²) in [7, 11) is 0. The zero-order valence-corrected chi connectivity index (χ0v) is 14.8. The van der Waals surface area contributed by atoms with Crippen LogP contribution in [-0.4, -0.2) is 18.7 Å². The number of nitrogens with one attached hydrogen (secondary N) is 1. The van der Waals surface area contributed by atoms with Crippen LogP contribution in [0.1, 0.15) is 31.2 Å². The van der Waals surface area contributed by atoms with Gasteiger partial charge in [0.15, 0.2) is 0 Å². The number of thiophene rings is 1. The molecule has 3 N–H and O–H groups in total. The first kappa shape index (κ1) is 18.6. The Morgan fingerprint density at radius 2 is 2.25 bits per heavy atom. The van der Waals surface area contributed by atoms with Crippen molar-refractivity contribution in [2.45, 2.75) is 26.3 Å². The van der Waals surface area contributed by atoms with E-state index < -0.39 is 5.82 Å². The van der Waals surface area contributed by atoms with Gasteiger partial charge in [0.05, 0.1) is 5.56 Å². The van der Waals surface area contributed by atoms with Gasteiger partial charge in [-0.1, -0.05) is 17.7 Å². The van der Waals surface area contributed by atoms with Crippen molar-refractivity contribution in [3.8, 4) is 0 Å². The van der Waals surface area contributed by atoms with E-state index in [1.54, 1.807) is 17.4 Å². The monoisotopic (exact) mass is 368 g/mol. The summed E-state index contributed by atoms with van der Waals surface area (Å²) in [6.07, 6.45) is 1.69. The number of amides is 1. The Morgan fingerprint density at radius 3 is 2.88 bits per heavy atom. The normalized spacial score (nSPS) is 12.8. The van der Waals surface area contributed by atoms with Crippen molar-refractivity contribution in [1.29, 1.82) is 0 Å². The lowest BCUT2D eigenvalue weighted by atomic mass is 10.0. The van der Waals surface area contributed by atoms with Crippen molar-refractivity contribution < 1.29 is 14.0 Å². The van der Waals surface area contributed by atoms with E-state index in [9.17, 15) is 14.0 Å². The van der Waals surface area contributed by atoms with E-state index in [4.69, 9.17) is 17.3 Å². The number of hydrogen-bond donors (Lipinski definition) is 2. The number of nitrogens with two attached hydrogens (primary N) is 1. The Hall–Kier alpha value is -1.76. The molecule has 128 valence electrons. The van der Waals surface area contributed by atoms with Crippen molar-refractivity contribution >= 4 is 35.1 Å². The minimum Gasteiger partial charge on any atom is -0.366 e. The Bertz CT molecular complexity index is 761. The number of carbonyl (C=O) groups is 2. The largest absolute Gasteiger partial charge is 0.366 e. The van der Waals surface area contributed by atoms with Crippen molar-refractivity contribution in [2.75, 3.05) is 6.54 Å². The number of fused-ring (bicyclic) bond motifs is 1. The topological polar surface area (TPSA) is 72.2 Å². The van der Waals surface area contributed by atoms with Crippen LogP contribution in [-0.2, 0) is 24.2 Å². The second kappa shape index (κ2) is 8.37. The predicted molar refractivity (Wildman–Crippen MR) is 94.2 cm³/mol. The number of halogens is 2. The molecule has 0 bridgehead atoms. The van der Waals surface area contributed by atoms with Gasteiger partial charge < -0.3 is 15.8 Å². The van der Waals surface area contributed by atoms with Crippen LogP contribution in [0.15, 0.2) is 18.2 Å². The summed E-state index contributed by atoms with van der Waals surface area (Å²) < 4.78 is 12.8. The first-order chi connectivity index (χ1) is 11.4. The molecule has 0 spiro atoms. The molecule has 1 aromatic heterocycles. The number of aldehydes is 1. The van der Waals surface area contributed by atoms with Crippen LogP contribution in [0.5, 0.6) is 0 Å². The summed E-state index contributed by atoms with van der Waals surface area (Å²) >= 11 is 7.17. The molecule has 0 aliphatic carbocycles. The average Bonchev–Trinajstić information content (AvgIpc) is 2.86. The minimum absolute atomic E-state index is 0.100. The summed E-state index contributed by atoms with van der Waals surface area (Å²) in [5.41, 5.74) is 7.65. The Labute approximate surface area is 148 Å². The lowest BCUT2D eigenvalue weighted by Crippen LogP contribution is -2.24. The standard InChI is InChI=1S/C9H12N2OS.C8H6ClFO/c1-5-8(9(10)12)6-2-3-11-4-7(6)13-5;9-7-2-1-6(3-4-11)8(10)5-7/h11H,2-4H2,1H3,(H2,10,12);1-2,4-5H,3H2. The fraction of sp³-hybridized carbons (Fsp3) is 0.294. The third-order valence-corrected chi connectivity index (χ3v) is 5.05. The highest BCUT2D eigenvalue weighted by molar-refractivity contribution is 7.12. The molecular weight excluding hydrogens is 351 g/mol. The summed E-state index contributed by atoms with van der Waals surface area (Å²) in [4.78, 5) is 23.5. The SMILES string of the molecule is Cc1sc2c(c1C(N)=O)CCNC2.O=CCc1ccc(Cl)cc1F. The van der Waals surface area contributed by atoms with Crippen LogP contribution in [0, 0.1) is 12.7 Å². The molecular formula is C17H18ClFN2O2S. The number of rotatable bonds is 3. The maximum Gasteiger partial charge on any atom is 0.250 e. The zero-order valence-electron chi connectivity index (χ0n) is 13.2. The highest BCUT2D eigenvalue weighted by atomic mass is 35.5. The van der Waals surface area contributed by atoms with E-state index in [0.29, 0.717) is 16.9 Å². The maximum atomic E-state index is 12.8. The van der Waals surface area contributed by atoms with E-state index in [1.165, 1.54) is 22.6 Å². The van der Waals surface area contributed by atoms with Gasteiger partial charge >= 0.3 is 0 Å². The van der Waals surface area contributed by atoms with Gasteiger partial charge in [0.2, 0.25) is 5.91 Å². The molecule has 0 fully saturated rings. The number of hydrogen-bond acceptors (Lipinski definition) is 4. The van der Waals surface area contributed by atoms with Crippen LogP contribution < -0.4 is 11.1 Å². The van der Waals surface area contributed by atoms with Crippen molar-refractivity contribution in [2.24, 2.45) is 5.73 Å². The van der Waals surface area contributed by atoms with E-state index in [0.717, 1.165) is 30.0 Å². The van der Waals surface area contributed by atoms with Gasteiger partial charge in [0, 0.05) is 27.7 Å². The summed E-state index contributed by atoms with van der Waals surface area (Å²) in [6, 6.07) is 4.26. The third kappa shape index (κ3) is 4.41. The molecule has 0 saturated heterocycles. The van der Waals surface area contributed by atoms with Crippen LogP contribution in [0.2, 0.25) is 5.02 Å². The highest BCUT2D eigenvalue weighted by Crippen LogP contribution is 2.29. The van der Waals surface area contributed by atoms with Crippen LogP contribution in [0.25, 0.3) is 0 Å². The fourth-order valence-corrected chi connectivity index (χ4v) is 3.93. The van der Waals surface area contributed by atoms with E-state index >= 15 is 0 Å². The van der Waals surface area contributed by atoms with Crippen molar-refractivity contribution in [3.63, 3.8) is 0 Å². The third-order valence-electron chi connectivity index (χ3n) is 3.67. The summed E-state index contributed by atoms with van der Waals surface area (Å²) in [5.74, 6) is -0.707. The predicted octanol–water partition coefficient (Wildman–Crippen LogP) is 3.02. The van der Waals surface area contributed by atoms with Gasteiger partial charge in [-0.2, -0.15) is 0 Å². The second-order valence-corrected chi connectivity index (χ2v) is 7.08. The zero-order chi connectivity index (χ0) is 17.7. The lowest BCUT2D eigenvalue weighted by Gasteiger charge is -2.12. The molecule has 24 heavy (non-hydrogen) atoms. The number of aryl methyl sites for hydroxylation is 1. The van der Waals surface area contributed by atoms with E-state index in [2.05, 4.69) is 5.32 Å². The van der Waals surface area contributed by atoms with Gasteiger partial charge in [0.25, 0.3) is 0 Å². The molecule has 1 amide bonds. The highest BCUT2D eigenvalue weighted by Gasteiger charge is 2.21. The second-order valence-electron chi connectivity index (χ2n) is 5.33. The molecule has 0 saturated carbocycles. The van der Waals surface area contributed by atoms with E-state index in [-0.39, 0.29) is 12.3 Å². The van der Waals surface area contributed by atoms with Crippen LogP contribution in [0.4, 0.5) is 4.39 Å². The van der Waals surface area contributed by atoms with Crippen LogP contribution in [0.3, 0.4) is 0 Å². The molecule has 0 atom stereocenters. The quantitative estimate of drug-likeness (QED) is 0.818. The molecule has 0 unspecified atom stereocenters. The first-order valence-corrected chi connectivity index (χ1v) is 8.62. The molecule has 0 radical (unpaired) electrons. The van der Waals surface area contributed by atoms with E-state index in [1.807, 2.05) is 6.92 Å². The van der Waals surface area contributed by atoms with Gasteiger partial charge in [-0.05, 0) is 43.1 Å². The van der Waals surface area contributed by atoms with Crippen molar-refractivity contribution in [1.82, 2.24) is 5.32 Å². The van der Waals surface area contributed by atoms with Gasteiger partial charge in [0.1, 0.15) is 12.1 Å². The Kier molecular flexibility index (Phi) is 6.48. The molecule has 1 aliphatic rings. The number of carbonyl (C=O) groups excluding carboxylic acids is 2. The Morgan fingerprint density at radius 1 is 1.50 bits per heavy atom. The molecule has 7 heteroatoms. The van der Waals surface area contributed by atoms with Crippen molar-refractivity contribution in [3.05, 3.63) is 55.5 Å². The molecule has 2 heterocycles. The van der Waals surface area contributed by atoms with Gasteiger partial charge in [-0.15, -0.1) is 11.3 Å². The number of primary amides is 1. The van der Waals surface area contributed by atoms with Crippen LogP contribution >= 0.6 is 22.9 Å². The number of benzene rings is 1. The Balaban J connectivity index is 0.000000177. The molecule has 4 nitrogen and oxygen atoms in total. The maximum absolute atomic E-state index is 12.8. The molecule has 3 rings (SSSR count). The first-order valence-electron chi connectivity index (χ1n) is 7.43. The lowest BCUT2D eigenvalue weighted by molar-refractivity contribution is -0.107. The summed E-state index contributed by atoms with van der Waals surface area (Å²) in [5, 5.41) is 3.62. The fourth-order valence-electron chi connectivity index (χ4n) is 2.57. The average molecular weight is 369 g/mol. The van der Waals surface area contributed by atoms with Gasteiger partial charge in [-0.25, -0.2) is 4.39 Å². The molecule has 2 aromatic rings. The smallest absolute Gasteiger partial charge is 0.250 e.